The van der Waals surface area contributed by atoms with Gasteiger partial charge in [0.25, 0.3) is 5.69 Å². The van der Waals surface area contributed by atoms with Gasteiger partial charge >= 0.3 is 0 Å². The SMILES string of the molecule is O=[N+]([O-])c1ccc(CS(=O)(=O)NCCO)cc1. The molecule has 0 atom stereocenters. The molecular weight excluding hydrogens is 248 g/mol. The van der Waals surface area contributed by atoms with Gasteiger partial charge in [0.05, 0.1) is 17.3 Å². The molecule has 0 aliphatic heterocycles. The first kappa shape index (κ1) is 13.6. The average Bonchev–Trinajstić information content (AvgIpc) is 2.26. The van der Waals surface area contributed by atoms with Crippen molar-refractivity contribution in [2.75, 3.05) is 13.2 Å². The van der Waals surface area contributed by atoms with E-state index in [2.05, 4.69) is 4.72 Å². The van der Waals surface area contributed by atoms with Crippen LogP contribution >= 0.6 is 0 Å². The van der Waals surface area contributed by atoms with E-state index in [9.17, 15) is 18.5 Å². The monoisotopic (exact) mass is 260 g/mol. The number of aliphatic hydroxyl groups is 1. The Kier molecular flexibility index (Phi) is 4.55. The Morgan fingerprint density at radius 3 is 2.35 bits per heavy atom. The summed E-state index contributed by atoms with van der Waals surface area (Å²) in [5.41, 5.74) is 0.357. The lowest BCUT2D eigenvalue weighted by Gasteiger charge is -2.04. The smallest absolute Gasteiger partial charge is 0.269 e. The van der Waals surface area contributed by atoms with Crippen molar-refractivity contribution in [3.8, 4) is 0 Å². The quantitative estimate of drug-likeness (QED) is 0.553. The lowest BCUT2D eigenvalue weighted by Crippen LogP contribution is -2.27. The summed E-state index contributed by atoms with van der Waals surface area (Å²) in [5.74, 6) is -0.273. The van der Waals surface area contributed by atoms with Crippen LogP contribution in [0.2, 0.25) is 0 Å². The molecule has 0 radical (unpaired) electrons. The molecule has 0 amide bonds. The van der Waals surface area contributed by atoms with Gasteiger partial charge in [0.2, 0.25) is 10.0 Å². The summed E-state index contributed by atoms with van der Waals surface area (Å²) in [6.45, 7) is -0.325. The van der Waals surface area contributed by atoms with Crippen LogP contribution in [0.15, 0.2) is 24.3 Å². The predicted octanol–water partition coefficient (Wildman–Crippen LogP) is 0.00650. The third kappa shape index (κ3) is 4.47. The Hall–Kier alpha value is -1.51. The van der Waals surface area contributed by atoms with Crippen LogP contribution in [0, 0.1) is 10.1 Å². The Morgan fingerprint density at radius 2 is 1.88 bits per heavy atom. The Bertz CT molecular complexity index is 483. The molecule has 0 saturated heterocycles. The first-order valence-corrected chi connectivity index (χ1v) is 6.41. The molecule has 0 aromatic heterocycles. The molecule has 1 rings (SSSR count). The van der Waals surface area contributed by atoms with E-state index in [1.807, 2.05) is 0 Å². The van der Waals surface area contributed by atoms with Gasteiger partial charge < -0.3 is 5.11 Å². The van der Waals surface area contributed by atoms with Crippen LogP contribution in [-0.2, 0) is 15.8 Å². The second kappa shape index (κ2) is 5.71. The Labute approximate surface area is 98.3 Å². The largest absolute Gasteiger partial charge is 0.395 e. The molecule has 94 valence electrons. The van der Waals surface area contributed by atoms with Gasteiger partial charge in [0.15, 0.2) is 0 Å². The summed E-state index contributed by atoms with van der Waals surface area (Å²) in [4.78, 5) is 9.83. The number of nitro benzene ring substituents is 1. The summed E-state index contributed by atoms with van der Waals surface area (Å²) in [6.07, 6.45) is 0. The fraction of sp³-hybridized carbons (Fsp3) is 0.333. The first-order valence-electron chi connectivity index (χ1n) is 4.76. The molecule has 1 aromatic rings. The van der Waals surface area contributed by atoms with Gasteiger partial charge in [0.1, 0.15) is 0 Å². The maximum absolute atomic E-state index is 11.4. The van der Waals surface area contributed by atoms with Crippen LogP contribution in [0.25, 0.3) is 0 Å². The van der Waals surface area contributed by atoms with Gasteiger partial charge in [-0.15, -0.1) is 0 Å². The average molecular weight is 260 g/mol. The summed E-state index contributed by atoms with van der Waals surface area (Å²) >= 11 is 0. The number of benzene rings is 1. The summed E-state index contributed by atoms with van der Waals surface area (Å²) < 4.78 is 25.0. The Morgan fingerprint density at radius 1 is 1.29 bits per heavy atom. The van der Waals surface area contributed by atoms with Crippen LogP contribution < -0.4 is 4.72 Å². The van der Waals surface area contributed by atoms with Crippen molar-refractivity contribution < 1.29 is 18.4 Å². The first-order chi connectivity index (χ1) is 7.94. The van der Waals surface area contributed by atoms with Crippen LogP contribution in [0.5, 0.6) is 0 Å². The predicted molar refractivity (Wildman–Crippen MR) is 60.8 cm³/mol. The van der Waals surface area contributed by atoms with Gasteiger partial charge in [-0.05, 0) is 5.56 Å². The molecule has 0 saturated carbocycles. The number of rotatable bonds is 6. The van der Waals surface area contributed by atoms with Crippen LogP contribution in [0.4, 0.5) is 5.69 Å². The fourth-order valence-electron chi connectivity index (χ4n) is 1.19. The highest BCUT2D eigenvalue weighted by Crippen LogP contribution is 2.13. The molecular formula is C9H12N2O5S. The number of nitrogens with one attached hydrogen (secondary N) is 1. The lowest BCUT2D eigenvalue weighted by molar-refractivity contribution is -0.384. The molecule has 1 aromatic carbocycles. The normalized spacial score (nSPS) is 11.4. The van der Waals surface area contributed by atoms with Crippen molar-refractivity contribution in [3.63, 3.8) is 0 Å². The highest BCUT2D eigenvalue weighted by molar-refractivity contribution is 7.88. The lowest BCUT2D eigenvalue weighted by atomic mass is 10.2. The van der Waals surface area contributed by atoms with Gasteiger partial charge in [0, 0.05) is 18.7 Å². The Balaban J connectivity index is 2.72. The topological polar surface area (TPSA) is 110 Å². The molecule has 0 unspecified atom stereocenters. The summed E-state index contributed by atoms with van der Waals surface area (Å²) in [5, 5.41) is 18.9. The van der Waals surface area contributed by atoms with Crippen molar-refractivity contribution in [1.82, 2.24) is 4.72 Å². The van der Waals surface area contributed by atoms with Crippen molar-refractivity contribution >= 4 is 15.7 Å². The third-order valence-electron chi connectivity index (χ3n) is 1.94. The number of nitro groups is 1. The van der Waals surface area contributed by atoms with E-state index >= 15 is 0 Å². The number of hydrogen-bond acceptors (Lipinski definition) is 5. The second-order valence-corrected chi connectivity index (χ2v) is 5.11. The summed E-state index contributed by atoms with van der Waals surface area (Å²) in [7, 11) is -3.51. The van der Waals surface area contributed by atoms with Gasteiger partial charge in [-0.2, -0.15) is 0 Å². The number of aliphatic hydroxyl groups excluding tert-OH is 1. The van der Waals surface area contributed by atoms with Crippen molar-refractivity contribution in [1.29, 1.82) is 0 Å². The van der Waals surface area contributed by atoms with Crippen LogP contribution in [-0.4, -0.2) is 31.6 Å². The second-order valence-electron chi connectivity index (χ2n) is 3.30. The van der Waals surface area contributed by atoms with E-state index < -0.39 is 14.9 Å². The van der Waals surface area contributed by atoms with E-state index in [0.29, 0.717) is 5.56 Å². The highest BCUT2D eigenvalue weighted by Gasteiger charge is 2.12. The molecule has 0 aliphatic rings. The van der Waals surface area contributed by atoms with Gasteiger partial charge in [-0.3, -0.25) is 10.1 Å². The molecule has 0 spiro atoms. The van der Waals surface area contributed by atoms with E-state index in [-0.39, 0.29) is 24.6 Å². The van der Waals surface area contributed by atoms with Gasteiger partial charge in [-0.1, -0.05) is 12.1 Å². The number of sulfonamides is 1. The maximum atomic E-state index is 11.4. The zero-order chi connectivity index (χ0) is 12.9. The van der Waals surface area contributed by atoms with Gasteiger partial charge in [-0.25, -0.2) is 13.1 Å². The highest BCUT2D eigenvalue weighted by atomic mass is 32.2. The van der Waals surface area contributed by atoms with E-state index in [1.165, 1.54) is 24.3 Å². The summed E-state index contributed by atoms with van der Waals surface area (Å²) in [6, 6.07) is 5.26. The minimum Gasteiger partial charge on any atom is -0.395 e. The molecule has 0 fully saturated rings. The van der Waals surface area contributed by atoms with E-state index in [0.717, 1.165) is 0 Å². The minimum atomic E-state index is -3.51. The standard InChI is InChI=1S/C9H12N2O5S/c12-6-5-10-17(15,16)7-8-1-3-9(4-2-8)11(13)14/h1-4,10,12H,5-7H2. The third-order valence-corrected chi connectivity index (χ3v) is 3.29. The molecule has 0 aliphatic carbocycles. The number of hydrogen-bond donors (Lipinski definition) is 2. The van der Waals surface area contributed by atoms with Crippen molar-refractivity contribution in [2.24, 2.45) is 0 Å². The van der Waals surface area contributed by atoms with Crippen molar-refractivity contribution in [2.45, 2.75) is 5.75 Å². The molecule has 0 bridgehead atoms. The van der Waals surface area contributed by atoms with Crippen LogP contribution in [0.3, 0.4) is 0 Å². The number of non-ortho nitro benzene ring substituents is 1. The van der Waals surface area contributed by atoms with Crippen LogP contribution in [0.1, 0.15) is 5.56 Å². The fourth-order valence-corrected chi connectivity index (χ4v) is 2.32. The molecule has 0 heterocycles. The molecule has 7 nitrogen and oxygen atoms in total. The van der Waals surface area contributed by atoms with E-state index in [4.69, 9.17) is 5.11 Å². The molecule has 17 heavy (non-hydrogen) atoms. The maximum Gasteiger partial charge on any atom is 0.269 e. The minimum absolute atomic E-state index is 0.0463. The molecule has 8 heteroatoms. The zero-order valence-corrected chi connectivity index (χ0v) is 9.68. The molecule has 2 N–H and O–H groups in total. The number of nitrogens with zero attached hydrogens (tertiary/aromatic N) is 1. The zero-order valence-electron chi connectivity index (χ0n) is 8.87. The van der Waals surface area contributed by atoms with E-state index in [1.54, 1.807) is 0 Å². The van der Waals surface area contributed by atoms with Crippen molar-refractivity contribution in [3.05, 3.63) is 39.9 Å².